The zero-order valence-corrected chi connectivity index (χ0v) is 19.8. The topological polar surface area (TPSA) is 80.5 Å². The van der Waals surface area contributed by atoms with Gasteiger partial charge in [-0.1, -0.05) is 12.1 Å². The van der Waals surface area contributed by atoms with Gasteiger partial charge in [0.25, 0.3) is 5.91 Å². The van der Waals surface area contributed by atoms with E-state index >= 15 is 0 Å². The predicted molar refractivity (Wildman–Crippen MR) is 132 cm³/mol. The van der Waals surface area contributed by atoms with Crippen LogP contribution in [0.3, 0.4) is 0 Å². The van der Waals surface area contributed by atoms with Crippen LogP contribution in [-0.2, 0) is 12.0 Å². The van der Waals surface area contributed by atoms with E-state index in [0.29, 0.717) is 35.4 Å². The molecule has 7 nitrogen and oxygen atoms in total. The van der Waals surface area contributed by atoms with Crippen molar-refractivity contribution in [2.45, 2.75) is 50.5 Å². The summed E-state index contributed by atoms with van der Waals surface area (Å²) in [4.78, 5) is 23.7. The summed E-state index contributed by atoms with van der Waals surface area (Å²) in [6.45, 7) is -4.16. The van der Waals surface area contributed by atoms with Crippen molar-refractivity contribution >= 4 is 16.9 Å². The maximum absolute atomic E-state index is 13.6. The summed E-state index contributed by atoms with van der Waals surface area (Å²) in [6.07, 6.45) is 3.17. The van der Waals surface area contributed by atoms with Crippen LogP contribution in [0.5, 0.6) is 5.75 Å². The normalized spacial score (nSPS) is 25.4. The summed E-state index contributed by atoms with van der Waals surface area (Å²) in [6, 6.07) is 10.3. The third-order valence-electron chi connectivity index (χ3n) is 7.84. The van der Waals surface area contributed by atoms with Crippen molar-refractivity contribution in [2.24, 2.45) is 0 Å². The van der Waals surface area contributed by atoms with Crippen LogP contribution in [0.2, 0.25) is 0 Å². The molecule has 0 saturated carbocycles. The summed E-state index contributed by atoms with van der Waals surface area (Å²) < 4.78 is 58.0. The Bertz CT molecular complexity index is 1720. The van der Waals surface area contributed by atoms with E-state index in [2.05, 4.69) is 4.98 Å². The van der Waals surface area contributed by atoms with E-state index in [9.17, 15) is 18.7 Å². The number of imidazole rings is 1. The molecule has 2 aromatic carbocycles. The summed E-state index contributed by atoms with van der Waals surface area (Å²) in [5, 5.41) is 10.6. The number of halogens is 2. The molecule has 2 bridgehead atoms. The number of hydrogen-bond donors (Lipinski definition) is 1. The molecule has 1 N–H and O–H groups in total. The van der Waals surface area contributed by atoms with Gasteiger partial charge in [0.15, 0.2) is 0 Å². The fourth-order valence-electron chi connectivity index (χ4n) is 6.13. The average Bonchev–Trinajstić information content (AvgIpc) is 3.49. The number of aliphatic hydroxyl groups is 1. The van der Waals surface area contributed by atoms with Gasteiger partial charge in [-0.2, -0.15) is 8.78 Å². The first-order valence-electron chi connectivity index (χ1n) is 13.6. The highest BCUT2D eigenvalue weighted by Crippen LogP contribution is 2.50. The lowest BCUT2D eigenvalue weighted by atomic mass is 9.97. The second kappa shape index (κ2) is 7.58. The second-order valence-corrected chi connectivity index (χ2v) is 10.1. The number of pyridine rings is 1. The van der Waals surface area contributed by atoms with Gasteiger partial charge in [0.2, 0.25) is 0 Å². The van der Waals surface area contributed by atoms with Crippen molar-refractivity contribution in [1.82, 2.24) is 19.4 Å². The van der Waals surface area contributed by atoms with Crippen molar-refractivity contribution < 1.29 is 27.5 Å². The molecule has 4 heterocycles. The van der Waals surface area contributed by atoms with Crippen LogP contribution in [-0.4, -0.2) is 44.0 Å². The Morgan fingerprint density at radius 1 is 1.22 bits per heavy atom. The molecule has 1 amide bonds. The Balaban J connectivity index is 1.43. The number of aryl methyl sites for hydroxylation is 1. The maximum Gasteiger partial charge on any atom is 0.387 e. The molecule has 0 fully saturated rings. The maximum atomic E-state index is 13.6. The molecule has 2 aromatic heterocycles. The molecule has 1 aliphatic carbocycles. The molecule has 3 atom stereocenters. The van der Waals surface area contributed by atoms with Crippen molar-refractivity contribution in [1.29, 1.82) is 0 Å². The number of carbonyl (C=O) groups excluding carboxylic acids is 1. The highest BCUT2D eigenvalue weighted by Gasteiger charge is 2.45. The van der Waals surface area contributed by atoms with Gasteiger partial charge in [0, 0.05) is 40.4 Å². The van der Waals surface area contributed by atoms with Gasteiger partial charge in [0.1, 0.15) is 17.2 Å². The SMILES string of the molecule is [2H]C([2H])([2H])N1C(=O)c2cccc(OC(F)F)c2[C@H]2C[C@@H]1c1nc3ccc(-c4cnc5c(c4)CC[C@@]5(C)O)cc3n12. The average molecular weight is 506 g/mol. The van der Waals surface area contributed by atoms with Crippen molar-refractivity contribution in [3.05, 3.63) is 76.9 Å². The van der Waals surface area contributed by atoms with Crippen LogP contribution in [0.4, 0.5) is 8.78 Å². The van der Waals surface area contributed by atoms with Crippen LogP contribution in [0.25, 0.3) is 22.2 Å². The highest BCUT2D eigenvalue weighted by molar-refractivity contribution is 5.98. The van der Waals surface area contributed by atoms with Crippen LogP contribution in [0.1, 0.15) is 69.0 Å². The molecule has 188 valence electrons. The van der Waals surface area contributed by atoms with E-state index in [-0.39, 0.29) is 23.3 Å². The fourth-order valence-corrected chi connectivity index (χ4v) is 6.13. The minimum atomic E-state index is -3.13. The minimum Gasteiger partial charge on any atom is -0.434 e. The summed E-state index contributed by atoms with van der Waals surface area (Å²) in [5.74, 6) is -0.568. The first-order valence-corrected chi connectivity index (χ1v) is 12.1. The van der Waals surface area contributed by atoms with Gasteiger partial charge < -0.3 is 19.3 Å². The van der Waals surface area contributed by atoms with Gasteiger partial charge in [-0.15, -0.1) is 0 Å². The van der Waals surface area contributed by atoms with Crippen molar-refractivity contribution in [3.8, 4) is 16.9 Å². The van der Waals surface area contributed by atoms with Gasteiger partial charge in [-0.25, -0.2) is 4.98 Å². The Morgan fingerprint density at radius 3 is 2.89 bits per heavy atom. The van der Waals surface area contributed by atoms with Gasteiger partial charge in [0.05, 0.1) is 28.8 Å². The lowest BCUT2D eigenvalue weighted by molar-refractivity contribution is -0.0507. The molecule has 4 aromatic rings. The number of ether oxygens (including phenoxy) is 1. The van der Waals surface area contributed by atoms with Gasteiger partial charge >= 0.3 is 6.61 Å². The summed E-state index contributed by atoms with van der Waals surface area (Å²) >= 11 is 0. The highest BCUT2D eigenvalue weighted by atomic mass is 19.3. The standard InChI is InChI=1S/C28H24F2N4O3/c1-28(36)9-8-15-10-16(13-31-24(15)28)14-6-7-18-19(11-14)34-20-12-21(25(34)32-18)33(2)26(35)17-4-3-5-22(23(17)20)37-27(29)30/h3-7,10-11,13,20-21,27,36H,8-9,12H2,1-2H3/t20-,21-,28-/m1/s1/i2D3. The minimum absolute atomic E-state index is 0.0142. The molecule has 2 aliphatic heterocycles. The third-order valence-corrected chi connectivity index (χ3v) is 7.84. The molecule has 7 rings (SSSR count). The van der Waals surface area contributed by atoms with Crippen LogP contribution in [0.15, 0.2) is 48.7 Å². The number of benzene rings is 2. The van der Waals surface area contributed by atoms with Crippen LogP contribution in [0, 0.1) is 0 Å². The molecule has 37 heavy (non-hydrogen) atoms. The van der Waals surface area contributed by atoms with Crippen molar-refractivity contribution in [3.63, 3.8) is 0 Å². The number of fused-ring (bicyclic) bond motifs is 10. The first kappa shape index (κ1) is 19.3. The molecule has 9 heteroatoms. The molecular weight excluding hydrogens is 478 g/mol. The number of carbonyl (C=O) groups is 1. The smallest absolute Gasteiger partial charge is 0.387 e. The molecule has 0 unspecified atom stereocenters. The molecule has 3 aliphatic rings. The summed E-state index contributed by atoms with van der Waals surface area (Å²) in [7, 11) is 0. The zero-order valence-electron chi connectivity index (χ0n) is 22.8. The molecular formula is C28H24F2N4O3. The van der Waals surface area contributed by atoms with E-state index in [0.717, 1.165) is 21.6 Å². The fraction of sp³-hybridized carbons (Fsp3) is 0.321. The number of alkyl halides is 2. The Morgan fingerprint density at radius 2 is 2.08 bits per heavy atom. The summed E-state index contributed by atoms with van der Waals surface area (Å²) in [5.41, 5.74) is 3.84. The number of hydrogen-bond acceptors (Lipinski definition) is 5. The second-order valence-electron chi connectivity index (χ2n) is 10.1. The Labute approximate surface area is 215 Å². The predicted octanol–water partition coefficient (Wildman–Crippen LogP) is 4.97. The van der Waals surface area contributed by atoms with Crippen molar-refractivity contribution in [2.75, 3.05) is 6.98 Å². The molecule has 0 radical (unpaired) electrons. The molecule has 0 spiro atoms. The first-order chi connectivity index (χ1) is 18.9. The number of rotatable bonds is 3. The van der Waals surface area contributed by atoms with E-state index in [1.807, 2.05) is 28.8 Å². The number of nitrogens with zero attached hydrogens (tertiary/aromatic N) is 4. The number of aromatic nitrogens is 3. The Hall–Kier alpha value is -3.85. The van der Waals surface area contributed by atoms with Crippen LogP contribution >= 0.6 is 0 Å². The quantitative estimate of drug-likeness (QED) is 0.425. The monoisotopic (exact) mass is 505 g/mol. The zero-order chi connectivity index (χ0) is 28.1. The van der Waals surface area contributed by atoms with Crippen LogP contribution < -0.4 is 4.74 Å². The van der Waals surface area contributed by atoms with E-state index in [4.69, 9.17) is 13.8 Å². The lowest BCUT2D eigenvalue weighted by Gasteiger charge is -2.24. The van der Waals surface area contributed by atoms with E-state index in [1.54, 1.807) is 13.1 Å². The third kappa shape index (κ3) is 3.16. The largest absolute Gasteiger partial charge is 0.434 e. The number of amides is 1. The Kier molecular flexibility index (Phi) is 3.95. The van der Waals surface area contributed by atoms with Gasteiger partial charge in [-0.3, -0.25) is 9.78 Å². The molecule has 0 saturated heterocycles. The van der Waals surface area contributed by atoms with E-state index in [1.165, 1.54) is 18.2 Å². The van der Waals surface area contributed by atoms with E-state index < -0.39 is 37.2 Å². The van der Waals surface area contributed by atoms with Gasteiger partial charge in [-0.05, 0) is 61.2 Å². The lowest BCUT2D eigenvalue weighted by Crippen LogP contribution is -2.30.